The molecule has 1 saturated carbocycles. The molecule has 0 aliphatic heterocycles. The van der Waals surface area contributed by atoms with Crippen LogP contribution in [0, 0.1) is 0 Å². The van der Waals surface area contributed by atoms with E-state index in [1.165, 1.54) is 12.8 Å². The van der Waals surface area contributed by atoms with Crippen LogP contribution in [0.3, 0.4) is 0 Å². The highest BCUT2D eigenvalue weighted by Crippen LogP contribution is 2.32. The molecule has 0 saturated heterocycles. The molecule has 1 unspecified atom stereocenters. The van der Waals surface area contributed by atoms with Crippen LogP contribution in [-0.2, 0) is 0 Å². The van der Waals surface area contributed by atoms with E-state index in [-0.39, 0.29) is 6.04 Å². The average Bonchev–Trinajstić information content (AvgIpc) is 3.27. The SMILES string of the molecule is NNC(c1ccc(OC2CC2)cc1)c1ccc(Br)cc1Br. The predicted octanol–water partition coefficient (Wildman–Crippen LogP) is 4.31. The lowest BCUT2D eigenvalue weighted by Gasteiger charge is -2.19. The third kappa shape index (κ3) is 3.66. The molecular formula is C16H16Br2N2O. The number of ether oxygens (including phenoxy) is 1. The first-order valence-electron chi connectivity index (χ1n) is 6.85. The minimum absolute atomic E-state index is 0.0672. The molecule has 0 radical (unpaired) electrons. The maximum absolute atomic E-state index is 5.77. The summed E-state index contributed by atoms with van der Waals surface area (Å²) in [5.41, 5.74) is 5.08. The topological polar surface area (TPSA) is 47.3 Å². The zero-order valence-corrected chi connectivity index (χ0v) is 14.5. The van der Waals surface area contributed by atoms with Crippen LogP contribution in [-0.4, -0.2) is 6.10 Å². The van der Waals surface area contributed by atoms with Gasteiger partial charge in [0.05, 0.1) is 12.1 Å². The van der Waals surface area contributed by atoms with Crippen LogP contribution in [0.1, 0.15) is 30.0 Å². The van der Waals surface area contributed by atoms with E-state index in [9.17, 15) is 0 Å². The summed E-state index contributed by atoms with van der Waals surface area (Å²) in [6.07, 6.45) is 2.75. The Hall–Kier alpha value is -0.880. The van der Waals surface area contributed by atoms with Crippen LogP contribution in [0.15, 0.2) is 51.4 Å². The van der Waals surface area contributed by atoms with Crippen molar-refractivity contribution in [2.45, 2.75) is 25.0 Å². The van der Waals surface area contributed by atoms with Crippen molar-refractivity contribution in [2.75, 3.05) is 0 Å². The third-order valence-corrected chi connectivity index (χ3v) is 4.66. The molecule has 1 atom stereocenters. The Bertz CT molecular complexity index is 627. The van der Waals surface area contributed by atoms with E-state index in [2.05, 4.69) is 49.4 Å². The molecule has 2 aromatic carbocycles. The molecule has 3 nitrogen and oxygen atoms in total. The summed E-state index contributed by atoms with van der Waals surface area (Å²) in [6, 6.07) is 14.1. The number of halogens is 2. The van der Waals surface area contributed by atoms with Gasteiger partial charge in [0.15, 0.2) is 0 Å². The van der Waals surface area contributed by atoms with Gasteiger partial charge in [-0.15, -0.1) is 0 Å². The second kappa shape index (κ2) is 6.48. The quantitative estimate of drug-likeness (QED) is 0.569. The summed E-state index contributed by atoms with van der Waals surface area (Å²) in [5, 5.41) is 0. The Labute approximate surface area is 141 Å². The van der Waals surface area contributed by atoms with Gasteiger partial charge >= 0.3 is 0 Å². The summed E-state index contributed by atoms with van der Waals surface area (Å²) in [4.78, 5) is 0. The summed E-state index contributed by atoms with van der Waals surface area (Å²) in [6.45, 7) is 0. The number of hydrogen-bond donors (Lipinski definition) is 2. The van der Waals surface area contributed by atoms with E-state index in [1.54, 1.807) is 0 Å². The Morgan fingerprint density at radius 1 is 1.10 bits per heavy atom. The summed E-state index contributed by atoms with van der Waals surface area (Å²) in [5.74, 6) is 6.68. The van der Waals surface area contributed by atoms with Gasteiger partial charge in [-0.25, -0.2) is 5.43 Å². The van der Waals surface area contributed by atoms with Crippen molar-refractivity contribution in [2.24, 2.45) is 5.84 Å². The monoisotopic (exact) mass is 410 g/mol. The third-order valence-electron chi connectivity index (χ3n) is 3.48. The smallest absolute Gasteiger partial charge is 0.119 e. The van der Waals surface area contributed by atoms with Gasteiger partial charge in [0.1, 0.15) is 5.75 Å². The Balaban J connectivity index is 1.84. The minimum atomic E-state index is -0.0672. The summed E-state index contributed by atoms with van der Waals surface area (Å²) >= 11 is 7.05. The molecule has 0 heterocycles. The number of rotatable bonds is 5. The molecule has 2 aromatic rings. The number of benzene rings is 2. The van der Waals surface area contributed by atoms with Crippen molar-refractivity contribution < 1.29 is 4.74 Å². The summed E-state index contributed by atoms with van der Waals surface area (Å²) < 4.78 is 7.81. The molecule has 0 bridgehead atoms. The number of nitrogens with two attached hydrogens (primary N) is 1. The highest BCUT2D eigenvalue weighted by atomic mass is 79.9. The minimum Gasteiger partial charge on any atom is -0.490 e. The fourth-order valence-electron chi connectivity index (χ4n) is 2.22. The van der Waals surface area contributed by atoms with Gasteiger partial charge in [0, 0.05) is 8.95 Å². The van der Waals surface area contributed by atoms with E-state index < -0.39 is 0 Å². The molecule has 1 aliphatic carbocycles. The molecule has 5 heteroatoms. The number of hydrazine groups is 1. The van der Waals surface area contributed by atoms with Crippen molar-refractivity contribution in [1.29, 1.82) is 0 Å². The predicted molar refractivity (Wildman–Crippen MR) is 91.1 cm³/mol. The lowest BCUT2D eigenvalue weighted by Crippen LogP contribution is -2.29. The number of nitrogens with one attached hydrogen (secondary N) is 1. The van der Waals surface area contributed by atoms with Gasteiger partial charge in [-0.2, -0.15) is 0 Å². The second-order valence-electron chi connectivity index (χ2n) is 5.15. The van der Waals surface area contributed by atoms with E-state index in [0.717, 1.165) is 25.8 Å². The standard InChI is InChI=1S/C16H16Br2N2O/c17-11-3-8-14(15(18)9-11)16(20-19)10-1-4-12(5-2-10)21-13-6-7-13/h1-5,8-9,13,16,20H,6-7,19H2. The fourth-order valence-corrected chi connectivity index (χ4v) is 3.49. The van der Waals surface area contributed by atoms with Crippen LogP contribution in [0.2, 0.25) is 0 Å². The maximum atomic E-state index is 5.77. The van der Waals surface area contributed by atoms with Crippen molar-refractivity contribution in [3.8, 4) is 5.75 Å². The zero-order valence-electron chi connectivity index (χ0n) is 11.4. The molecule has 0 spiro atoms. The zero-order chi connectivity index (χ0) is 14.8. The van der Waals surface area contributed by atoms with Crippen molar-refractivity contribution in [3.05, 3.63) is 62.5 Å². The molecule has 0 aromatic heterocycles. The molecule has 21 heavy (non-hydrogen) atoms. The largest absolute Gasteiger partial charge is 0.490 e. The van der Waals surface area contributed by atoms with Crippen LogP contribution in [0.5, 0.6) is 5.75 Å². The highest BCUT2D eigenvalue weighted by molar-refractivity contribution is 9.11. The molecule has 1 fully saturated rings. The van der Waals surface area contributed by atoms with Crippen LogP contribution in [0.25, 0.3) is 0 Å². The lowest BCUT2D eigenvalue weighted by molar-refractivity contribution is 0.303. The first-order chi connectivity index (χ1) is 10.2. The van der Waals surface area contributed by atoms with Gasteiger partial charge in [0.25, 0.3) is 0 Å². The van der Waals surface area contributed by atoms with E-state index >= 15 is 0 Å². The van der Waals surface area contributed by atoms with Gasteiger partial charge in [-0.3, -0.25) is 5.84 Å². The number of hydrogen-bond acceptors (Lipinski definition) is 3. The maximum Gasteiger partial charge on any atom is 0.119 e. The molecule has 0 amide bonds. The van der Waals surface area contributed by atoms with Gasteiger partial charge in [-0.05, 0) is 48.2 Å². The average molecular weight is 412 g/mol. The first kappa shape index (κ1) is 15.0. The highest BCUT2D eigenvalue weighted by Gasteiger charge is 2.23. The first-order valence-corrected chi connectivity index (χ1v) is 8.43. The van der Waals surface area contributed by atoms with Crippen LogP contribution < -0.4 is 16.0 Å². The Morgan fingerprint density at radius 3 is 2.38 bits per heavy atom. The Kier molecular flexibility index (Phi) is 4.64. The van der Waals surface area contributed by atoms with E-state index in [4.69, 9.17) is 10.6 Å². The van der Waals surface area contributed by atoms with Crippen molar-refractivity contribution in [1.82, 2.24) is 5.43 Å². The normalized spacial score (nSPS) is 15.8. The van der Waals surface area contributed by atoms with Gasteiger partial charge in [-0.1, -0.05) is 50.1 Å². The molecule has 1 aliphatic rings. The van der Waals surface area contributed by atoms with Crippen LogP contribution in [0.4, 0.5) is 0 Å². The van der Waals surface area contributed by atoms with Crippen LogP contribution >= 0.6 is 31.9 Å². The van der Waals surface area contributed by atoms with E-state index in [1.807, 2.05) is 30.3 Å². The van der Waals surface area contributed by atoms with Gasteiger partial charge in [0.2, 0.25) is 0 Å². The van der Waals surface area contributed by atoms with Crippen molar-refractivity contribution >= 4 is 31.9 Å². The molecule has 3 N–H and O–H groups in total. The van der Waals surface area contributed by atoms with Gasteiger partial charge < -0.3 is 4.74 Å². The summed E-state index contributed by atoms with van der Waals surface area (Å²) in [7, 11) is 0. The fraction of sp³-hybridized carbons (Fsp3) is 0.250. The molecule has 110 valence electrons. The lowest BCUT2D eigenvalue weighted by atomic mass is 9.99. The molecular weight excluding hydrogens is 396 g/mol. The van der Waals surface area contributed by atoms with E-state index in [0.29, 0.717) is 6.10 Å². The van der Waals surface area contributed by atoms with Crippen molar-refractivity contribution in [3.63, 3.8) is 0 Å². The molecule has 3 rings (SSSR count). The Morgan fingerprint density at radius 2 is 1.81 bits per heavy atom. The second-order valence-corrected chi connectivity index (χ2v) is 6.92.